The lowest BCUT2D eigenvalue weighted by molar-refractivity contribution is -0.114. The summed E-state index contributed by atoms with van der Waals surface area (Å²) in [4.78, 5) is 11.9. The number of halogens is 1. The van der Waals surface area contributed by atoms with Gasteiger partial charge in [0.05, 0.1) is 18.2 Å². The maximum Gasteiger partial charge on any atom is 0.243 e. The van der Waals surface area contributed by atoms with Crippen molar-refractivity contribution in [1.29, 1.82) is 5.26 Å². The Kier molecular flexibility index (Phi) is 4.81. The highest BCUT2D eigenvalue weighted by Gasteiger charge is 2.05. The average molecular weight is 300 g/mol. The van der Waals surface area contributed by atoms with Crippen LogP contribution in [0.2, 0.25) is 5.02 Å². The third-order valence-corrected chi connectivity index (χ3v) is 3.16. The topological polar surface area (TPSA) is 64.9 Å². The molecule has 0 saturated heterocycles. The molecule has 106 valence electrons. The van der Waals surface area contributed by atoms with Gasteiger partial charge in [-0.3, -0.25) is 4.79 Å². The Morgan fingerprint density at radius 2 is 1.95 bits per heavy atom. The molecule has 0 heterocycles. The summed E-state index contributed by atoms with van der Waals surface area (Å²) in [5.41, 5.74) is 3.03. The van der Waals surface area contributed by atoms with Crippen molar-refractivity contribution in [1.82, 2.24) is 0 Å². The summed E-state index contributed by atoms with van der Waals surface area (Å²) in [5.74, 6) is -0.148. The van der Waals surface area contributed by atoms with Crippen LogP contribution in [0.3, 0.4) is 0 Å². The molecule has 0 aliphatic carbocycles. The van der Waals surface area contributed by atoms with Crippen molar-refractivity contribution < 1.29 is 4.79 Å². The van der Waals surface area contributed by atoms with Crippen molar-refractivity contribution in [3.05, 3.63) is 58.6 Å². The van der Waals surface area contributed by atoms with E-state index in [-0.39, 0.29) is 12.5 Å². The molecule has 0 aliphatic heterocycles. The number of anilines is 2. The van der Waals surface area contributed by atoms with Crippen LogP contribution in [0, 0.1) is 18.3 Å². The van der Waals surface area contributed by atoms with E-state index in [1.165, 1.54) is 0 Å². The van der Waals surface area contributed by atoms with E-state index in [0.29, 0.717) is 10.6 Å². The molecule has 0 aromatic heterocycles. The van der Waals surface area contributed by atoms with Gasteiger partial charge in [-0.15, -0.1) is 0 Å². The van der Waals surface area contributed by atoms with Crippen LogP contribution in [0.1, 0.15) is 11.1 Å². The number of rotatable bonds is 4. The third-order valence-electron chi connectivity index (χ3n) is 2.93. The van der Waals surface area contributed by atoms with E-state index in [0.717, 1.165) is 16.9 Å². The number of benzene rings is 2. The van der Waals surface area contributed by atoms with Gasteiger partial charge in [-0.2, -0.15) is 5.26 Å². The largest absolute Gasteiger partial charge is 0.376 e. The number of aryl methyl sites for hydroxylation is 1. The summed E-state index contributed by atoms with van der Waals surface area (Å²) >= 11 is 5.87. The zero-order chi connectivity index (χ0) is 15.2. The number of hydrogen-bond donors (Lipinski definition) is 2. The fraction of sp³-hybridized carbons (Fsp3) is 0.125. The minimum absolute atomic E-state index is 0.147. The maximum atomic E-state index is 11.9. The van der Waals surface area contributed by atoms with Gasteiger partial charge >= 0.3 is 0 Å². The monoisotopic (exact) mass is 299 g/mol. The number of nitriles is 1. The van der Waals surface area contributed by atoms with Gasteiger partial charge in [0, 0.05) is 16.4 Å². The standard InChI is InChI=1S/C16H14ClN3O/c1-11-8-13(17)4-7-15(11)20-16(21)10-19-14-5-2-12(9-18)3-6-14/h2-8,19H,10H2,1H3,(H,20,21). The van der Waals surface area contributed by atoms with Gasteiger partial charge in [-0.25, -0.2) is 0 Å². The number of carbonyl (C=O) groups excluding carboxylic acids is 1. The SMILES string of the molecule is Cc1cc(Cl)ccc1NC(=O)CNc1ccc(C#N)cc1. The molecule has 1 amide bonds. The normalized spacial score (nSPS) is 9.76. The Morgan fingerprint density at radius 1 is 1.24 bits per heavy atom. The van der Waals surface area contributed by atoms with Crippen LogP contribution in [-0.4, -0.2) is 12.5 Å². The number of nitrogens with one attached hydrogen (secondary N) is 2. The van der Waals surface area contributed by atoms with Crippen molar-refractivity contribution in [3.63, 3.8) is 0 Å². The van der Waals surface area contributed by atoms with E-state index in [4.69, 9.17) is 16.9 Å². The van der Waals surface area contributed by atoms with Crippen molar-refractivity contribution in [3.8, 4) is 6.07 Å². The van der Waals surface area contributed by atoms with Gasteiger partial charge in [-0.1, -0.05) is 11.6 Å². The molecule has 4 nitrogen and oxygen atoms in total. The molecule has 0 unspecified atom stereocenters. The Labute approximate surface area is 128 Å². The zero-order valence-corrected chi connectivity index (χ0v) is 12.2. The van der Waals surface area contributed by atoms with E-state index in [2.05, 4.69) is 10.6 Å². The Bertz CT molecular complexity index is 690. The number of hydrogen-bond acceptors (Lipinski definition) is 3. The first-order chi connectivity index (χ1) is 10.1. The second-order valence-electron chi connectivity index (χ2n) is 4.55. The molecule has 0 aliphatic rings. The van der Waals surface area contributed by atoms with Crippen LogP contribution in [0.5, 0.6) is 0 Å². The van der Waals surface area contributed by atoms with Gasteiger partial charge in [0.1, 0.15) is 0 Å². The molecule has 0 radical (unpaired) electrons. The fourth-order valence-corrected chi connectivity index (χ4v) is 2.03. The molecule has 2 aromatic carbocycles. The first-order valence-corrected chi connectivity index (χ1v) is 6.76. The first kappa shape index (κ1) is 14.9. The van der Waals surface area contributed by atoms with Crippen LogP contribution in [0.4, 0.5) is 11.4 Å². The molecule has 5 heteroatoms. The number of nitrogens with zero attached hydrogens (tertiary/aromatic N) is 1. The molecule has 0 fully saturated rings. The van der Waals surface area contributed by atoms with Crippen LogP contribution in [0.15, 0.2) is 42.5 Å². The predicted molar refractivity (Wildman–Crippen MR) is 84.5 cm³/mol. The highest BCUT2D eigenvalue weighted by Crippen LogP contribution is 2.19. The Morgan fingerprint density at radius 3 is 2.57 bits per heavy atom. The minimum atomic E-state index is -0.148. The summed E-state index contributed by atoms with van der Waals surface area (Å²) in [6.45, 7) is 2.03. The van der Waals surface area contributed by atoms with E-state index in [1.54, 1.807) is 42.5 Å². The summed E-state index contributed by atoms with van der Waals surface area (Å²) in [6, 6.07) is 14.3. The van der Waals surface area contributed by atoms with Crippen molar-refractivity contribution in [2.24, 2.45) is 0 Å². The van der Waals surface area contributed by atoms with Gasteiger partial charge in [0.2, 0.25) is 5.91 Å². The number of amides is 1. The van der Waals surface area contributed by atoms with Crippen LogP contribution in [-0.2, 0) is 4.79 Å². The number of carbonyl (C=O) groups is 1. The molecule has 0 saturated carbocycles. The van der Waals surface area contributed by atoms with Gasteiger partial charge in [0.15, 0.2) is 0 Å². The van der Waals surface area contributed by atoms with Crippen LogP contribution >= 0.6 is 11.6 Å². The molecular formula is C16H14ClN3O. The van der Waals surface area contributed by atoms with Crippen molar-refractivity contribution in [2.75, 3.05) is 17.2 Å². The molecule has 2 rings (SSSR count). The molecule has 21 heavy (non-hydrogen) atoms. The lowest BCUT2D eigenvalue weighted by Gasteiger charge is -2.10. The summed E-state index contributed by atoms with van der Waals surface area (Å²) in [6.07, 6.45) is 0. The highest BCUT2D eigenvalue weighted by molar-refractivity contribution is 6.30. The zero-order valence-electron chi connectivity index (χ0n) is 11.5. The predicted octanol–water partition coefficient (Wildman–Crippen LogP) is 3.57. The second-order valence-corrected chi connectivity index (χ2v) is 4.99. The van der Waals surface area contributed by atoms with Crippen LogP contribution in [0.25, 0.3) is 0 Å². The van der Waals surface area contributed by atoms with Crippen molar-refractivity contribution in [2.45, 2.75) is 6.92 Å². The van der Waals surface area contributed by atoms with Crippen LogP contribution < -0.4 is 10.6 Å². The highest BCUT2D eigenvalue weighted by atomic mass is 35.5. The fourth-order valence-electron chi connectivity index (χ4n) is 1.81. The quantitative estimate of drug-likeness (QED) is 0.907. The van der Waals surface area contributed by atoms with Gasteiger partial charge in [0.25, 0.3) is 0 Å². The lowest BCUT2D eigenvalue weighted by Crippen LogP contribution is -2.22. The van der Waals surface area contributed by atoms with E-state index in [1.807, 2.05) is 13.0 Å². The first-order valence-electron chi connectivity index (χ1n) is 6.38. The van der Waals surface area contributed by atoms with E-state index < -0.39 is 0 Å². The second kappa shape index (κ2) is 6.78. The van der Waals surface area contributed by atoms with E-state index in [9.17, 15) is 4.79 Å². The lowest BCUT2D eigenvalue weighted by atomic mass is 10.2. The summed E-state index contributed by atoms with van der Waals surface area (Å²) in [5, 5.41) is 15.2. The van der Waals surface area contributed by atoms with Gasteiger partial charge in [-0.05, 0) is 55.0 Å². The van der Waals surface area contributed by atoms with E-state index >= 15 is 0 Å². The summed E-state index contributed by atoms with van der Waals surface area (Å²) in [7, 11) is 0. The molecule has 0 spiro atoms. The minimum Gasteiger partial charge on any atom is -0.376 e. The third kappa shape index (κ3) is 4.23. The molecule has 0 atom stereocenters. The Hall–Kier alpha value is -2.51. The molecular weight excluding hydrogens is 286 g/mol. The average Bonchev–Trinajstić information content (AvgIpc) is 2.48. The smallest absolute Gasteiger partial charge is 0.243 e. The Balaban J connectivity index is 1.91. The summed E-state index contributed by atoms with van der Waals surface area (Å²) < 4.78 is 0. The maximum absolute atomic E-state index is 11.9. The molecule has 2 N–H and O–H groups in total. The molecule has 0 bridgehead atoms. The van der Waals surface area contributed by atoms with Crippen molar-refractivity contribution >= 4 is 28.9 Å². The van der Waals surface area contributed by atoms with Gasteiger partial charge < -0.3 is 10.6 Å². The molecule has 2 aromatic rings.